The molecule has 0 saturated carbocycles. The summed E-state index contributed by atoms with van der Waals surface area (Å²) in [4.78, 5) is 21.3. The third-order valence-electron chi connectivity index (χ3n) is 2.20. The predicted molar refractivity (Wildman–Crippen MR) is 59.1 cm³/mol. The molecular weight excluding hydrogens is 194 g/mol. The molecule has 5 nitrogen and oxygen atoms in total. The highest BCUT2D eigenvalue weighted by molar-refractivity contribution is 5.76. The molecule has 1 unspecified atom stereocenters. The van der Waals surface area contributed by atoms with Gasteiger partial charge in [0.2, 0.25) is 5.91 Å². The summed E-state index contributed by atoms with van der Waals surface area (Å²) < 4.78 is 0. The van der Waals surface area contributed by atoms with E-state index in [2.05, 4.69) is 12.2 Å². The van der Waals surface area contributed by atoms with Crippen molar-refractivity contribution in [2.24, 2.45) is 11.5 Å². The Balaban J connectivity index is 3.79. The largest absolute Gasteiger partial charge is 0.370 e. The molecule has 0 heterocycles. The highest BCUT2D eigenvalue weighted by atomic mass is 16.2. The first-order valence-electron chi connectivity index (χ1n) is 5.40. The number of amides is 3. The van der Waals surface area contributed by atoms with Gasteiger partial charge in [-0.05, 0) is 6.42 Å². The van der Waals surface area contributed by atoms with Gasteiger partial charge < -0.3 is 16.8 Å². The van der Waals surface area contributed by atoms with Crippen LogP contribution in [-0.4, -0.2) is 18.0 Å². The summed E-state index contributed by atoms with van der Waals surface area (Å²) in [6.07, 6.45) is 5.32. The highest BCUT2D eigenvalue weighted by Gasteiger charge is 2.12. The van der Waals surface area contributed by atoms with Gasteiger partial charge in [-0.2, -0.15) is 0 Å². The number of nitrogens with two attached hydrogens (primary N) is 2. The number of primary amides is 2. The molecular formula is C10H21N3O2. The molecule has 0 aromatic heterocycles. The number of hydrogen-bond acceptors (Lipinski definition) is 2. The van der Waals surface area contributed by atoms with Crippen LogP contribution in [0.4, 0.5) is 4.79 Å². The number of rotatable bonds is 8. The normalized spacial score (nSPS) is 12.1. The Morgan fingerprint density at radius 3 is 2.33 bits per heavy atom. The van der Waals surface area contributed by atoms with Crippen molar-refractivity contribution in [3.63, 3.8) is 0 Å². The molecule has 1 atom stereocenters. The maximum absolute atomic E-state index is 10.7. The number of unbranched alkanes of at least 4 members (excludes halogenated alkanes) is 3. The summed E-state index contributed by atoms with van der Waals surface area (Å²) in [7, 11) is 0. The minimum absolute atomic E-state index is 0.162. The topological polar surface area (TPSA) is 98.2 Å². The summed E-state index contributed by atoms with van der Waals surface area (Å²) in [5, 5.41) is 2.53. The second kappa shape index (κ2) is 8.08. The molecule has 0 aliphatic rings. The van der Waals surface area contributed by atoms with Crippen LogP contribution in [-0.2, 0) is 4.79 Å². The molecule has 88 valence electrons. The minimum atomic E-state index is -0.600. The van der Waals surface area contributed by atoms with Crippen LogP contribution in [0.15, 0.2) is 0 Å². The molecule has 0 spiro atoms. The summed E-state index contributed by atoms with van der Waals surface area (Å²) >= 11 is 0. The van der Waals surface area contributed by atoms with Crippen LogP contribution < -0.4 is 16.8 Å². The smallest absolute Gasteiger partial charge is 0.312 e. The summed E-state index contributed by atoms with van der Waals surface area (Å²) in [5.41, 5.74) is 10.1. The van der Waals surface area contributed by atoms with Crippen molar-refractivity contribution in [1.29, 1.82) is 0 Å². The van der Waals surface area contributed by atoms with Crippen LogP contribution in [0.5, 0.6) is 0 Å². The van der Waals surface area contributed by atoms with E-state index in [4.69, 9.17) is 11.5 Å². The molecule has 0 fully saturated rings. The minimum Gasteiger partial charge on any atom is -0.370 e. The van der Waals surface area contributed by atoms with Crippen molar-refractivity contribution >= 4 is 11.9 Å². The van der Waals surface area contributed by atoms with Gasteiger partial charge >= 0.3 is 6.03 Å². The summed E-state index contributed by atoms with van der Waals surface area (Å²) in [6, 6.07) is -0.811. The van der Waals surface area contributed by atoms with Gasteiger partial charge in [0.1, 0.15) is 0 Å². The number of hydrogen-bond donors (Lipinski definition) is 3. The van der Waals surface area contributed by atoms with Gasteiger partial charge in [-0.15, -0.1) is 0 Å². The molecule has 0 saturated heterocycles. The standard InChI is InChI=1S/C10H21N3O2/c1-2-3-4-5-6-8(7-9(11)14)13-10(12)15/h8H,2-7H2,1H3,(H2,11,14)(H3,12,13,15). The Morgan fingerprint density at radius 2 is 1.87 bits per heavy atom. The van der Waals surface area contributed by atoms with Crippen molar-refractivity contribution in [3.8, 4) is 0 Å². The zero-order chi connectivity index (χ0) is 11.7. The van der Waals surface area contributed by atoms with Gasteiger partial charge in [0.25, 0.3) is 0 Å². The first-order chi connectivity index (χ1) is 7.06. The van der Waals surface area contributed by atoms with E-state index in [0.717, 1.165) is 25.7 Å². The Hall–Kier alpha value is -1.26. The average Bonchev–Trinajstić information content (AvgIpc) is 2.10. The van der Waals surface area contributed by atoms with E-state index < -0.39 is 11.9 Å². The van der Waals surface area contributed by atoms with Gasteiger partial charge in [-0.3, -0.25) is 4.79 Å². The van der Waals surface area contributed by atoms with Crippen molar-refractivity contribution in [1.82, 2.24) is 5.32 Å². The van der Waals surface area contributed by atoms with E-state index in [0.29, 0.717) is 0 Å². The second-order valence-electron chi connectivity index (χ2n) is 3.73. The zero-order valence-corrected chi connectivity index (χ0v) is 9.29. The van der Waals surface area contributed by atoms with Crippen molar-refractivity contribution < 1.29 is 9.59 Å². The molecule has 0 aromatic rings. The number of urea groups is 1. The first kappa shape index (κ1) is 13.7. The fraction of sp³-hybridized carbons (Fsp3) is 0.800. The molecule has 15 heavy (non-hydrogen) atoms. The lowest BCUT2D eigenvalue weighted by Crippen LogP contribution is -2.40. The Bertz CT molecular complexity index is 191. The molecule has 3 amide bonds. The number of carbonyl (C=O) groups excluding carboxylic acids is 2. The third kappa shape index (κ3) is 9.05. The Kier molecular flexibility index (Phi) is 7.40. The van der Waals surface area contributed by atoms with Gasteiger partial charge in [0.05, 0.1) is 0 Å². The van der Waals surface area contributed by atoms with Crippen LogP contribution >= 0.6 is 0 Å². The van der Waals surface area contributed by atoms with Crippen molar-refractivity contribution in [2.45, 2.75) is 51.5 Å². The highest BCUT2D eigenvalue weighted by Crippen LogP contribution is 2.07. The van der Waals surface area contributed by atoms with E-state index in [9.17, 15) is 9.59 Å². The van der Waals surface area contributed by atoms with E-state index in [1.54, 1.807) is 0 Å². The lowest BCUT2D eigenvalue weighted by atomic mass is 10.0. The number of nitrogens with one attached hydrogen (secondary N) is 1. The fourth-order valence-corrected chi connectivity index (χ4v) is 1.49. The lowest BCUT2D eigenvalue weighted by molar-refractivity contribution is -0.118. The lowest BCUT2D eigenvalue weighted by Gasteiger charge is -2.15. The van der Waals surface area contributed by atoms with E-state index in [1.807, 2.05) is 0 Å². The maximum Gasteiger partial charge on any atom is 0.312 e. The fourth-order valence-electron chi connectivity index (χ4n) is 1.49. The van der Waals surface area contributed by atoms with Crippen LogP contribution in [0.25, 0.3) is 0 Å². The Morgan fingerprint density at radius 1 is 1.20 bits per heavy atom. The predicted octanol–water partition coefficient (Wildman–Crippen LogP) is 0.869. The van der Waals surface area contributed by atoms with Gasteiger partial charge in [0.15, 0.2) is 0 Å². The molecule has 0 rings (SSSR count). The maximum atomic E-state index is 10.7. The van der Waals surface area contributed by atoms with E-state index in [-0.39, 0.29) is 12.5 Å². The van der Waals surface area contributed by atoms with E-state index in [1.165, 1.54) is 6.42 Å². The zero-order valence-electron chi connectivity index (χ0n) is 9.29. The number of carbonyl (C=O) groups is 2. The average molecular weight is 215 g/mol. The van der Waals surface area contributed by atoms with Gasteiger partial charge in [-0.1, -0.05) is 32.6 Å². The SMILES string of the molecule is CCCCCCC(CC(N)=O)NC(N)=O. The first-order valence-corrected chi connectivity index (χ1v) is 5.40. The third-order valence-corrected chi connectivity index (χ3v) is 2.20. The quantitative estimate of drug-likeness (QED) is 0.523. The van der Waals surface area contributed by atoms with Crippen molar-refractivity contribution in [3.05, 3.63) is 0 Å². The van der Waals surface area contributed by atoms with E-state index >= 15 is 0 Å². The molecule has 0 aliphatic carbocycles. The van der Waals surface area contributed by atoms with Crippen LogP contribution in [0.2, 0.25) is 0 Å². The van der Waals surface area contributed by atoms with Crippen LogP contribution in [0, 0.1) is 0 Å². The van der Waals surface area contributed by atoms with Crippen LogP contribution in [0.3, 0.4) is 0 Å². The monoisotopic (exact) mass is 215 g/mol. The molecule has 0 bridgehead atoms. The molecule has 0 aliphatic heterocycles. The van der Waals surface area contributed by atoms with Crippen LogP contribution in [0.1, 0.15) is 45.4 Å². The molecule has 0 radical (unpaired) electrons. The van der Waals surface area contributed by atoms with Crippen molar-refractivity contribution in [2.75, 3.05) is 0 Å². The molecule has 5 heteroatoms. The molecule has 5 N–H and O–H groups in total. The summed E-state index contributed by atoms with van der Waals surface area (Å²) in [6.45, 7) is 2.13. The molecule has 0 aromatic carbocycles. The van der Waals surface area contributed by atoms with Gasteiger partial charge in [0, 0.05) is 12.5 Å². The van der Waals surface area contributed by atoms with Gasteiger partial charge in [-0.25, -0.2) is 4.79 Å². The summed E-state index contributed by atoms with van der Waals surface area (Å²) in [5.74, 6) is -0.413. The Labute approximate surface area is 90.6 Å². The second-order valence-corrected chi connectivity index (χ2v) is 3.73.